The summed E-state index contributed by atoms with van der Waals surface area (Å²) in [6.45, 7) is 3.69. The molecule has 0 aliphatic carbocycles. The summed E-state index contributed by atoms with van der Waals surface area (Å²) in [5.74, 6) is -0.780. The summed E-state index contributed by atoms with van der Waals surface area (Å²) < 4.78 is 0. The van der Waals surface area contributed by atoms with Gasteiger partial charge in [0, 0.05) is 12.8 Å². The minimum atomic E-state index is -0.390. The van der Waals surface area contributed by atoms with Crippen molar-refractivity contribution in [1.82, 2.24) is 4.90 Å². The van der Waals surface area contributed by atoms with E-state index in [2.05, 4.69) is 0 Å². The molecule has 1 aliphatic rings. The first-order valence-corrected chi connectivity index (χ1v) is 3.72. The van der Waals surface area contributed by atoms with Gasteiger partial charge in [-0.3, -0.25) is 9.59 Å². The summed E-state index contributed by atoms with van der Waals surface area (Å²) in [5.41, 5.74) is -0.290. The molecular formula is C8H10N2O2. The molecule has 1 heterocycles. The van der Waals surface area contributed by atoms with Crippen LogP contribution in [-0.4, -0.2) is 16.7 Å². The highest BCUT2D eigenvalue weighted by molar-refractivity contribution is 6.00. The van der Waals surface area contributed by atoms with Crippen LogP contribution in [0, 0.1) is 16.9 Å². The Kier molecular flexibility index (Phi) is 1.89. The van der Waals surface area contributed by atoms with Gasteiger partial charge in [0.25, 0.3) is 0 Å². The van der Waals surface area contributed by atoms with E-state index >= 15 is 0 Å². The Bertz CT molecular complexity index is 255. The fourth-order valence-corrected chi connectivity index (χ4v) is 1.29. The molecule has 0 aromatic heterocycles. The van der Waals surface area contributed by atoms with Gasteiger partial charge >= 0.3 is 0 Å². The minimum absolute atomic E-state index is 0.270. The molecule has 0 N–H and O–H groups in total. The number of imide groups is 1. The summed E-state index contributed by atoms with van der Waals surface area (Å²) in [4.78, 5) is 22.9. The average molecular weight is 166 g/mol. The zero-order valence-corrected chi connectivity index (χ0v) is 7.13. The number of piperidine rings is 1. The van der Waals surface area contributed by atoms with Crippen LogP contribution in [0.15, 0.2) is 0 Å². The Morgan fingerprint density at radius 3 is 2.08 bits per heavy atom. The second-order valence-electron chi connectivity index (χ2n) is 3.74. The zero-order chi connectivity index (χ0) is 9.35. The van der Waals surface area contributed by atoms with Crippen LogP contribution in [0.25, 0.3) is 0 Å². The number of rotatable bonds is 0. The van der Waals surface area contributed by atoms with Crippen molar-refractivity contribution in [2.24, 2.45) is 5.41 Å². The fourth-order valence-electron chi connectivity index (χ4n) is 1.29. The number of carbonyl (C=O) groups is 2. The van der Waals surface area contributed by atoms with Crippen molar-refractivity contribution in [3.8, 4) is 6.19 Å². The second-order valence-corrected chi connectivity index (χ2v) is 3.74. The molecular weight excluding hydrogens is 156 g/mol. The number of hydrogen-bond acceptors (Lipinski definition) is 3. The molecule has 0 aromatic carbocycles. The Hall–Kier alpha value is -1.37. The van der Waals surface area contributed by atoms with Crippen LogP contribution in [-0.2, 0) is 9.59 Å². The van der Waals surface area contributed by atoms with E-state index < -0.39 is 11.8 Å². The third-order valence-corrected chi connectivity index (χ3v) is 1.86. The molecule has 4 nitrogen and oxygen atoms in total. The molecule has 0 spiro atoms. The van der Waals surface area contributed by atoms with Crippen molar-refractivity contribution in [3.63, 3.8) is 0 Å². The number of carbonyl (C=O) groups excluding carboxylic acids is 2. The van der Waals surface area contributed by atoms with Crippen molar-refractivity contribution in [2.75, 3.05) is 0 Å². The molecule has 0 saturated carbocycles. The summed E-state index contributed by atoms with van der Waals surface area (Å²) >= 11 is 0. The van der Waals surface area contributed by atoms with Gasteiger partial charge in [0.1, 0.15) is 0 Å². The van der Waals surface area contributed by atoms with Gasteiger partial charge in [-0.15, -0.1) is 0 Å². The van der Waals surface area contributed by atoms with Crippen molar-refractivity contribution in [2.45, 2.75) is 26.7 Å². The molecule has 0 radical (unpaired) electrons. The Balaban J connectivity index is 2.86. The average Bonchev–Trinajstić information content (AvgIpc) is 1.82. The molecule has 2 amide bonds. The topological polar surface area (TPSA) is 61.2 Å². The highest BCUT2D eigenvalue weighted by Crippen LogP contribution is 2.30. The highest BCUT2D eigenvalue weighted by Gasteiger charge is 2.37. The van der Waals surface area contributed by atoms with Gasteiger partial charge in [0.2, 0.25) is 11.8 Å². The normalized spacial score (nSPS) is 22.2. The molecule has 0 unspecified atom stereocenters. The predicted molar refractivity (Wildman–Crippen MR) is 40.5 cm³/mol. The largest absolute Gasteiger partial charge is 0.273 e. The zero-order valence-electron chi connectivity index (χ0n) is 7.13. The van der Waals surface area contributed by atoms with Crippen LogP contribution in [0.5, 0.6) is 0 Å². The van der Waals surface area contributed by atoms with Crippen LogP contribution in [0.3, 0.4) is 0 Å². The number of nitriles is 1. The van der Waals surface area contributed by atoms with Crippen molar-refractivity contribution >= 4 is 11.8 Å². The fraction of sp³-hybridized carbons (Fsp3) is 0.625. The summed E-state index contributed by atoms with van der Waals surface area (Å²) in [7, 11) is 0. The summed E-state index contributed by atoms with van der Waals surface area (Å²) in [5, 5.41) is 8.44. The van der Waals surface area contributed by atoms with E-state index in [9.17, 15) is 9.59 Å². The van der Waals surface area contributed by atoms with Crippen LogP contribution in [0.1, 0.15) is 26.7 Å². The molecule has 1 fully saturated rings. The molecule has 0 aromatic rings. The number of likely N-dealkylation sites (tertiary alicyclic amines) is 1. The summed E-state index contributed by atoms with van der Waals surface area (Å²) in [6, 6.07) is 0. The second kappa shape index (κ2) is 2.59. The maximum atomic E-state index is 11.1. The lowest BCUT2D eigenvalue weighted by Gasteiger charge is -2.30. The predicted octanol–water partition coefficient (Wildman–Crippen LogP) is 0.643. The van der Waals surface area contributed by atoms with Crippen molar-refractivity contribution in [3.05, 3.63) is 0 Å². The van der Waals surface area contributed by atoms with E-state index in [1.807, 2.05) is 13.8 Å². The monoisotopic (exact) mass is 166 g/mol. The third-order valence-electron chi connectivity index (χ3n) is 1.86. The number of nitrogens with zero attached hydrogens (tertiary/aromatic N) is 2. The van der Waals surface area contributed by atoms with E-state index in [0.717, 1.165) is 0 Å². The molecule has 64 valence electrons. The van der Waals surface area contributed by atoms with Gasteiger partial charge in [0.15, 0.2) is 6.19 Å². The quantitative estimate of drug-likeness (QED) is 0.392. The summed E-state index contributed by atoms with van der Waals surface area (Å²) in [6.07, 6.45) is 2.12. The molecule has 1 saturated heterocycles. The molecule has 0 atom stereocenters. The third kappa shape index (κ3) is 1.45. The first kappa shape index (κ1) is 8.72. The van der Waals surface area contributed by atoms with Crippen LogP contribution < -0.4 is 0 Å². The van der Waals surface area contributed by atoms with E-state index in [0.29, 0.717) is 4.90 Å². The Labute approximate surface area is 70.8 Å². The maximum absolute atomic E-state index is 11.1. The lowest BCUT2D eigenvalue weighted by molar-refractivity contribution is -0.148. The minimum Gasteiger partial charge on any atom is -0.273 e. The van der Waals surface area contributed by atoms with E-state index in [-0.39, 0.29) is 18.3 Å². The van der Waals surface area contributed by atoms with E-state index in [4.69, 9.17) is 5.26 Å². The smallest absolute Gasteiger partial charge is 0.243 e. The van der Waals surface area contributed by atoms with Gasteiger partial charge in [0.05, 0.1) is 0 Å². The van der Waals surface area contributed by atoms with Gasteiger partial charge in [-0.05, 0) is 5.41 Å². The first-order chi connectivity index (χ1) is 5.46. The van der Waals surface area contributed by atoms with Gasteiger partial charge < -0.3 is 0 Å². The molecule has 0 bridgehead atoms. The van der Waals surface area contributed by atoms with Crippen molar-refractivity contribution in [1.29, 1.82) is 5.26 Å². The molecule has 12 heavy (non-hydrogen) atoms. The first-order valence-electron chi connectivity index (χ1n) is 3.72. The van der Waals surface area contributed by atoms with Crippen molar-refractivity contribution < 1.29 is 9.59 Å². The van der Waals surface area contributed by atoms with Gasteiger partial charge in [-0.2, -0.15) is 10.2 Å². The van der Waals surface area contributed by atoms with Gasteiger partial charge in [-0.25, -0.2) is 0 Å². The Morgan fingerprint density at radius 2 is 1.75 bits per heavy atom. The van der Waals surface area contributed by atoms with E-state index in [1.165, 1.54) is 0 Å². The molecule has 1 rings (SSSR count). The van der Waals surface area contributed by atoms with E-state index in [1.54, 1.807) is 6.19 Å². The number of amides is 2. The van der Waals surface area contributed by atoms with Crippen LogP contribution in [0.2, 0.25) is 0 Å². The molecule has 4 heteroatoms. The standard InChI is InChI=1S/C8H10N2O2/c1-8(2)3-6(11)10(5-9)7(12)4-8/h3-4H2,1-2H3. The SMILES string of the molecule is CC1(C)CC(=O)N(C#N)C(=O)C1. The van der Waals surface area contributed by atoms with Gasteiger partial charge in [-0.1, -0.05) is 13.8 Å². The van der Waals surface area contributed by atoms with Crippen LogP contribution >= 0.6 is 0 Å². The number of hydrogen-bond donors (Lipinski definition) is 0. The lowest BCUT2D eigenvalue weighted by atomic mass is 9.82. The highest BCUT2D eigenvalue weighted by atomic mass is 16.2. The lowest BCUT2D eigenvalue weighted by Crippen LogP contribution is -2.43. The molecule has 1 aliphatic heterocycles. The maximum Gasteiger partial charge on any atom is 0.243 e. The van der Waals surface area contributed by atoms with Crippen LogP contribution in [0.4, 0.5) is 0 Å². The Morgan fingerprint density at radius 1 is 1.33 bits per heavy atom.